The Morgan fingerprint density at radius 3 is 2.66 bits per heavy atom. The third-order valence-corrected chi connectivity index (χ3v) is 8.27. The quantitative estimate of drug-likeness (QED) is 0.264. The maximum absolute atomic E-state index is 13.7. The molecular formula is C30H32F3N7O3S. The van der Waals surface area contributed by atoms with Gasteiger partial charge in [-0.25, -0.2) is 14.8 Å². The van der Waals surface area contributed by atoms with E-state index in [4.69, 9.17) is 0 Å². The number of halogens is 3. The van der Waals surface area contributed by atoms with Gasteiger partial charge in [0.05, 0.1) is 5.52 Å². The van der Waals surface area contributed by atoms with Gasteiger partial charge in [0.2, 0.25) is 5.43 Å². The number of alkyl halides is 3. The minimum absolute atomic E-state index is 0.0259. The molecule has 1 fully saturated rings. The van der Waals surface area contributed by atoms with Crippen molar-refractivity contribution in [3.05, 3.63) is 63.5 Å². The van der Waals surface area contributed by atoms with Crippen LogP contribution in [0.15, 0.2) is 46.8 Å². The molecule has 0 unspecified atom stereocenters. The van der Waals surface area contributed by atoms with Gasteiger partial charge >= 0.3 is 12.2 Å². The van der Waals surface area contributed by atoms with Crippen LogP contribution < -0.4 is 21.4 Å². The summed E-state index contributed by atoms with van der Waals surface area (Å²) in [6, 6.07) is 6.11. The maximum Gasteiger partial charge on any atom is 0.434 e. The number of hydrogen-bond donors (Lipinski definition) is 3. The van der Waals surface area contributed by atoms with Gasteiger partial charge in [-0.2, -0.15) is 13.2 Å². The highest BCUT2D eigenvalue weighted by Crippen LogP contribution is 2.39. The van der Waals surface area contributed by atoms with Crippen LogP contribution in [0.4, 0.5) is 23.8 Å². The van der Waals surface area contributed by atoms with Gasteiger partial charge in [0, 0.05) is 61.5 Å². The normalized spacial score (nSPS) is 15.3. The molecular weight excluding hydrogens is 595 g/mol. The number of nitrogens with zero attached hydrogens (tertiary/aromatic N) is 4. The lowest BCUT2D eigenvalue weighted by molar-refractivity contribution is -0.140. The predicted octanol–water partition coefficient (Wildman–Crippen LogP) is 5.05. The number of pyridine rings is 2. The molecule has 3 amide bonds. The van der Waals surface area contributed by atoms with Crippen molar-refractivity contribution in [2.45, 2.75) is 32.5 Å². The van der Waals surface area contributed by atoms with Gasteiger partial charge in [-0.3, -0.25) is 14.9 Å². The predicted molar refractivity (Wildman–Crippen MR) is 164 cm³/mol. The number of fused-ring (bicyclic) bond motifs is 1. The Hall–Kier alpha value is -4.30. The molecule has 0 bridgehead atoms. The molecule has 44 heavy (non-hydrogen) atoms. The molecule has 4 heterocycles. The summed E-state index contributed by atoms with van der Waals surface area (Å²) in [7, 11) is 3.16. The van der Waals surface area contributed by atoms with Crippen LogP contribution in [0.2, 0.25) is 0 Å². The Kier molecular flexibility index (Phi) is 9.02. The zero-order chi connectivity index (χ0) is 31.6. The number of rotatable bonds is 7. The van der Waals surface area contributed by atoms with E-state index in [2.05, 4.69) is 25.9 Å². The molecule has 0 spiro atoms. The molecule has 1 aromatic carbocycles. The van der Waals surface area contributed by atoms with Crippen molar-refractivity contribution in [3.8, 4) is 21.7 Å². The number of thiazole rings is 1. The van der Waals surface area contributed by atoms with Crippen molar-refractivity contribution >= 4 is 40.0 Å². The molecule has 3 aromatic heterocycles. The third-order valence-electron chi connectivity index (χ3n) is 7.39. The molecule has 4 aromatic rings. The summed E-state index contributed by atoms with van der Waals surface area (Å²) >= 11 is 0.805. The van der Waals surface area contributed by atoms with Crippen molar-refractivity contribution in [2.24, 2.45) is 5.92 Å². The standard InChI is InChI=1S/C30H32F3N7O3S/c1-4-35-29(43)38-25-11-19(27-37-24(16-44-27)30(31,32)33)21(13-36-25)18-7-8-23-20(10-18)26(41)22(28(42)39(2)3)15-40(23)14-17-6-5-9-34-12-17/h7-8,10-11,13,15-17,34H,4-6,9,12,14H2,1-3H3,(H2,35,36,38,43)/t17-/m1/s1. The van der Waals surface area contributed by atoms with E-state index in [-0.39, 0.29) is 16.4 Å². The molecule has 14 heteroatoms. The molecule has 3 N–H and O–H groups in total. The van der Waals surface area contributed by atoms with Crippen LogP contribution in [0.25, 0.3) is 32.6 Å². The Morgan fingerprint density at radius 2 is 2.00 bits per heavy atom. The summed E-state index contributed by atoms with van der Waals surface area (Å²) in [5.74, 6) is -0.00471. The van der Waals surface area contributed by atoms with E-state index >= 15 is 0 Å². The molecule has 1 saturated heterocycles. The van der Waals surface area contributed by atoms with E-state index in [9.17, 15) is 27.6 Å². The summed E-state index contributed by atoms with van der Waals surface area (Å²) in [5.41, 5.74) is 0.366. The first kappa shape index (κ1) is 31.1. The number of nitrogens with one attached hydrogen (secondary N) is 3. The fourth-order valence-corrected chi connectivity index (χ4v) is 6.10. The van der Waals surface area contributed by atoms with Gasteiger partial charge in [-0.05, 0) is 62.5 Å². The first-order valence-corrected chi connectivity index (χ1v) is 15.0. The average Bonchev–Trinajstić information content (AvgIpc) is 3.50. The Balaban J connectivity index is 1.67. The van der Waals surface area contributed by atoms with E-state index in [0.29, 0.717) is 46.6 Å². The summed E-state index contributed by atoms with van der Waals surface area (Å²) in [5, 5.41) is 9.84. The molecule has 1 atom stereocenters. The topological polar surface area (TPSA) is 121 Å². The summed E-state index contributed by atoms with van der Waals surface area (Å²) < 4.78 is 42.3. The van der Waals surface area contributed by atoms with Gasteiger partial charge < -0.3 is 20.1 Å². The van der Waals surface area contributed by atoms with Gasteiger partial charge in [0.1, 0.15) is 16.4 Å². The fourth-order valence-electron chi connectivity index (χ4n) is 5.25. The van der Waals surface area contributed by atoms with Crippen LogP contribution in [-0.2, 0) is 12.7 Å². The van der Waals surface area contributed by atoms with Crippen LogP contribution in [0.5, 0.6) is 0 Å². The van der Waals surface area contributed by atoms with E-state index in [0.717, 1.165) is 42.6 Å². The lowest BCUT2D eigenvalue weighted by Crippen LogP contribution is -2.33. The largest absolute Gasteiger partial charge is 0.434 e. The minimum Gasteiger partial charge on any atom is -0.346 e. The molecule has 0 radical (unpaired) electrons. The number of piperidine rings is 1. The zero-order valence-electron chi connectivity index (χ0n) is 24.4. The second-order valence-corrected chi connectivity index (χ2v) is 11.7. The van der Waals surface area contributed by atoms with Crippen molar-refractivity contribution in [3.63, 3.8) is 0 Å². The van der Waals surface area contributed by atoms with Crippen LogP contribution >= 0.6 is 11.3 Å². The van der Waals surface area contributed by atoms with E-state index in [1.807, 2.05) is 4.57 Å². The highest BCUT2D eigenvalue weighted by Gasteiger charge is 2.34. The number of carbonyl (C=O) groups excluding carboxylic acids is 2. The number of anilines is 1. The van der Waals surface area contributed by atoms with Crippen molar-refractivity contribution in [1.82, 2.24) is 30.1 Å². The highest BCUT2D eigenvalue weighted by atomic mass is 32.1. The Morgan fingerprint density at radius 1 is 1.20 bits per heavy atom. The van der Waals surface area contributed by atoms with Gasteiger partial charge in [-0.15, -0.1) is 11.3 Å². The molecule has 0 saturated carbocycles. The van der Waals surface area contributed by atoms with Gasteiger partial charge in [0.15, 0.2) is 5.69 Å². The van der Waals surface area contributed by atoms with Crippen LogP contribution in [0.1, 0.15) is 35.8 Å². The average molecular weight is 628 g/mol. The van der Waals surface area contributed by atoms with Crippen LogP contribution in [-0.4, -0.2) is 65.1 Å². The smallest absolute Gasteiger partial charge is 0.346 e. The first-order valence-electron chi connectivity index (χ1n) is 14.1. The fraction of sp³-hybridized carbons (Fsp3) is 0.367. The summed E-state index contributed by atoms with van der Waals surface area (Å²) in [6.45, 7) is 4.48. The molecule has 1 aliphatic rings. The number of urea groups is 1. The zero-order valence-corrected chi connectivity index (χ0v) is 25.2. The number of amides is 3. The molecule has 232 valence electrons. The second-order valence-electron chi connectivity index (χ2n) is 10.8. The number of benzene rings is 1. The van der Waals surface area contributed by atoms with Crippen LogP contribution in [0.3, 0.4) is 0 Å². The number of hydrogen-bond acceptors (Lipinski definition) is 7. The molecule has 1 aliphatic heterocycles. The minimum atomic E-state index is -4.64. The van der Waals surface area contributed by atoms with Gasteiger partial charge in [0.25, 0.3) is 5.91 Å². The Bertz CT molecular complexity index is 1760. The second kappa shape index (κ2) is 12.7. The maximum atomic E-state index is 13.7. The van der Waals surface area contributed by atoms with E-state index in [1.54, 1.807) is 45.4 Å². The lowest BCUT2D eigenvalue weighted by atomic mass is 9.97. The molecule has 5 rings (SSSR count). The van der Waals surface area contributed by atoms with E-state index < -0.39 is 29.2 Å². The monoisotopic (exact) mass is 627 g/mol. The first-order chi connectivity index (χ1) is 21.0. The van der Waals surface area contributed by atoms with Crippen molar-refractivity contribution in [2.75, 3.05) is 39.0 Å². The summed E-state index contributed by atoms with van der Waals surface area (Å²) in [6.07, 6.45) is 0.443. The van der Waals surface area contributed by atoms with Crippen molar-refractivity contribution < 1.29 is 22.8 Å². The van der Waals surface area contributed by atoms with Gasteiger partial charge in [-0.1, -0.05) is 6.07 Å². The SMILES string of the molecule is CCNC(=O)Nc1cc(-c2nc(C(F)(F)F)cs2)c(-c2ccc3c(c2)c(=O)c(C(=O)N(C)C)cn3C[C@@H]2CCCNC2)cn1. The van der Waals surface area contributed by atoms with Crippen LogP contribution in [0, 0.1) is 5.92 Å². The van der Waals surface area contributed by atoms with E-state index in [1.165, 1.54) is 17.2 Å². The molecule has 10 nitrogen and oxygen atoms in total. The lowest BCUT2D eigenvalue weighted by Gasteiger charge is -2.25. The number of aromatic nitrogens is 3. The summed E-state index contributed by atoms with van der Waals surface area (Å²) in [4.78, 5) is 48.4. The highest BCUT2D eigenvalue weighted by molar-refractivity contribution is 7.13. The Labute approximate surface area is 255 Å². The molecule has 0 aliphatic carbocycles. The van der Waals surface area contributed by atoms with Crippen molar-refractivity contribution in [1.29, 1.82) is 0 Å². The third kappa shape index (κ3) is 6.60. The number of carbonyl (C=O) groups is 2.